The fourth-order valence-corrected chi connectivity index (χ4v) is 3.83. The normalized spacial score (nSPS) is 10.8. The molecule has 1 amide bonds. The molecule has 0 bridgehead atoms. The van der Waals surface area contributed by atoms with Gasteiger partial charge in [-0.2, -0.15) is 0 Å². The number of fused-ring (bicyclic) bond motifs is 1. The number of nitrogens with one attached hydrogen (secondary N) is 1. The highest BCUT2D eigenvalue weighted by Gasteiger charge is 2.12. The Morgan fingerprint density at radius 2 is 1.66 bits per heavy atom. The summed E-state index contributed by atoms with van der Waals surface area (Å²) in [5, 5.41) is 3.84. The Morgan fingerprint density at radius 1 is 0.938 bits per heavy atom. The summed E-state index contributed by atoms with van der Waals surface area (Å²) < 4.78 is 5.42. The second-order valence-corrected chi connectivity index (χ2v) is 7.69. The van der Waals surface area contributed by atoms with Crippen LogP contribution in [0.3, 0.4) is 0 Å². The van der Waals surface area contributed by atoms with E-state index in [9.17, 15) is 9.59 Å². The molecule has 0 aliphatic heterocycles. The summed E-state index contributed by atoms with van der Waals surface area (Å²) in [4.78, 5) is 27.5. The van der Waals surface area contributed by atoms with Gasteiger partial charge in [0.2, 0.25) is 0 Å². The molecular weight excluding hydrogens is 400 g/mol. The lowest BCUT2D eigenvalue weighted by Crippen LogP contribution is -2.22. The van der Waals surface area contributed by atoms with Gasteiger partial charge in [0.1, 0.15) is 5.58 Å². The Bertz CT molecular complexity index is 1320. The van der Waals surface area contributed by atoms with Crippen molar-refractivity contribution in [3.8, 4) is 11.1 Å². The van der Waals surface area contributed by atoms with Gasteiger partial charge < -0.3 is 14.6 Å². The van der Waals surface area contributed by atoms with Gasteiger partial charge in [-0.15, -0.1) is 0 Å². The third-order valence-corrected chi connectivity index (χ3v) is 5.69. The molecule has 0 fully saturated rings. The first kappa shape index (κ1) is 21.4. The van der Waals surface area contributed by atoms with Crippen LogP contribution in [-0.2, 0) is 0 Å². The predicted molar refractivity (Wildman–Crippen MR) is 131 cm³/mol. The van der Waals surface area contributed by atoms with Crippen molar-refractivity contribution in [3.63, 3.8) is 0 Å². The van der Waals surface area contributed by atoms with Crippen LogP contribution in [0.25, 0.3) is 22.1 Å². The molecule has 4 aromatic rings. The van der Waals surface area contributed by atoms with Crippen molar-refractivity contribution >= 4 is 28.3 Å². The molecule has 32 heavy (non-hydrogen) atoms. The third-order valence-electron chi connectivity index (χ3n) is 5.69. The summed E-state index contributed by atoms with van der Waals surface area (Å²) in [5.41, 5.74) is 4.79. The maximum atomic E-state index is 12.8. The van der Waals surface area contributed by atoms with Crippen LogP contribution < -0.4 is 15.8 Å². The van der Waals surface area contributed by atoms with Crippen LogP contribution >= 0.6 is 0 Å². The fourth-order valence-electron chi connectivity index (χ4n) is 3.83. The zero-order chi connectivity index (χ0) is 22.7. The van der Waals surface area contributed by atoms with Crippen molar-refractivity contribution in [3.05, 3.63) is 94.3 Å². The molecule has 0 saturated carbocycles. The average Bonchev–Trinajstić information content (AvgIpc) is 2.81. The molecule has 4 rings (SSSR count). The molecule has 0 atom stereocenters. The Hall–Kier alpha value is -3.86. The number of nitrogens with zero attached hydrogens (tertiary/aromatic N) is 1. The van der Waals surface area contributed by atoms with Crippen molar-refractivity contribution < 1.29 is 9.21 Å². The van der Waals surface area contributed by atoms with Crippen molar-refractivity contribution in [2.45, 2.75) is 20.8 Å². The van der Waals surface area contributed by atoms with E-state index in [0.717, 1.165) is 35.4 Å². The molecule has 0 spiro atoms. The maximum Gasteiger partial charge on any atom is 0.344 e. The smallest absolute Gasteiger partial charge is 0.344 e. The SMILES string of the molecule is CCN(CC)c1ccc(NC(=O)c2ccc(-c3cc4ccccc4oc3=O)cc2)c(C)c1. The number of carbonyl (C=O) groups excluding carboxylic acids is 1. The average molecular weight is 427 g/mol. The quantitative estimate of drug-likeness (QED) is 0.392. The third kappa shape index (κ3) is 4.28. The van der Waals surface area contributed by atoms with Crippen LogP contribution in [0.15, 0.2) is 82.0 Å². The predicted octanol–water partition coefficient (Wildman–Crippen LogP) is 5.87. The summed E-state index contributed by atoms with van der Waals surface area (Å²) in [5.74, 6) is -0.194. The number of rotatable bonds is 6. The van der Waals surface area contributed by atoms with Crippen molar-refractivity contribution in [2.75, 3.05) is 23.3 Å². The monoisotopic (exact) mass is 426 g/mol. The first-order valence-electron chi connectivity index (χ1n) is 10.8. The molecule has 0 saturated heterocycles. The van der Waals surface area contributed by atoms with E-state index in [0.29, 0.717) is 22.3 Å². The van der Waals surface area contributed by atoms with Gasteiger partial charge in [-0.25, -0.2) is 4.79 Å². The van der Waals surface area contributed by atoms with E-state index < -0.39 is 5.63 Å². The van der Waals surface area contributed by atoms with Crippen LogP contribution in [0.5, 0.6) is 0 Å². The molecule has 1 N–H and O–H groups in total. The Labute approximate surface area is 187 Å². The lowest BCUT2D eigenvalue weighted by Gasteiger charge is -2.22. The molecule has 1 heterocycles. The maximum absolute atomic E-state index is 12.8. The number of anilines is 2. The number of hydrogen-bond acceptors (Lipinski definition) is 4. The Balaban J connectivity index is 1.54. The van der Waals surface area contributed by atoms with Crippen LogP contribution in [0, 0.1) is 6.92 Å². The largest absolute Gasteiger partial charge is 0.422 e. The van der Waals surface area contributed by atoms with Gasteiger partial charge in [0.05, 0.1) is 5.56 Å². The van der Waals surface area contributed by atoms with Crippen LogP contribution in [0.2, 0.25) is 0 Å². The van der Waals surface area contributed by atoms with Gasteiger partial charge in [0.15, 0.2) is 0 Å². The number of aryl methyl sites for hydroxylation is 1. The highest BCUT2D eigenvalue weighted by Crippen LogP contribution is 2.24. The van der Waals surface area contributed by atoms with Gasteiger partial charge in [0.25, 0.3) is 5.91 Å². The van der Waals surface area contributed by atoms with Crippen LogP contribution in [-0.4, -0.2) is 19.0 Å². The van der Waals surface area contributed by atoms with Gasteiger partial charge >= 0.3 is 5.63 Å². The standard InChI is InChI=1S/C27H26N2O3/c1-4-29(5-2)22-14-15-24(18(3)16-22)28-26(30)20-12-10-19(11-13-20)23-17-21-8-6-7-9-25(21)32-27(23)31/h6-17H,4-5H2,1-3H3,(H,28,30). The van der Waals surface area contributed by atoms with Gasteiger partial charge in [-0.1, -0.05) is 30.3 Å². The molecule has 1 aromatic heterocycles. The molecule has 0 aliphatic rings. The number of hydrogen-bond donors (Lipinski definition) is 1. The van der Waals surface area contributed by atoms with E-state index >= 15 is 0 Å². The second-order valence-electron chi connectivity index (χ2n) is 7.69. The summed E-state index contributed by atoms with van der Waals surface area (Å²) >= 11 is 0. The minimum atomic E-state index is -0.398. The minimum Gasteiger partial charge on any atom is -0.422 e. The molecular formula is C27H26N2O3. The Kier molecular flexibility index (Phi) is 6.08. The number of benzene rings is 3. The zero-order valence-corrected chi connectivity index (χ0v) is 18.5. The molecule has 0 aliphatic carbocycles. The van der Waals surface area contributed by atoms with E-state index in [2.05, 4.69) is 30.1 Å². The van der Waals surface area contributed by atoms with Crippen molar-refractivity contribution in [1.29, 1.82) is 0 Å². The van der Waals surface area contributed by atoms with E-state index in [1.807, 2.05) is 43.3 Å². The summed E-state index contributed by atoms with van der Waals surface area (Å²) in [6, 6.07) is 22.3. The molecule has 162 valence electrons. The van der Waals surface area contributed by atoms with Gasteiger partial charge in [0, 0.05) is 35.4 Å². The summed E-state index contributed by atoms with van der Waals surface area (Å²) in [6.07, 6.45) is 0. The van der Waals surface area contributed by atoms with Crippen LogP contribution in [0.4, 0.5) is 11.4 Å². The first-order valence-corrected chi connectivity index (χ1v) is 10.8. The molecule has 5 heteroatoms. The van der Waals surface area contributed by atoms with E-state index in [1.54, 1.807) is 30.3 Å². The highest BCUT2D eigenvalue weighted by molar-refractivity contribution is 6.05. The molecule has 5 nitrogen and oxygen atoms in total. The molecule has 3 aromatic carbocycles. The van der Waals surface area contributed by atoms with Gasteiger partial charge in [-0.05, 0) is 74.4 Å². The second kappa shape index (κ2) is 9.10. The summed E-state index contributed by atoms with van der Waals surface area (Å²) in [7, 11) is 0. The summed E-state index contributed by atoms with van der Waals surface area (Å²) in [6.45, 7) is 8.11. The van der Waals surface area contributed by atoms with Gasteiger partial charge in [-0.3, -0.25) is 4.79 Å². The topological polar surface area (TPSA) is 62.6 Å². The lowest BCUT2D eigenvalue weighted by atomic mass is 10.0. The van der Waals surface area contributed by atoms with Crippen molar-refractivity contribution in [1.82, 2.24) is 0 Å². The first-order chi connectivity index (χ1) is 15.5. The molecule has 0 unspecified atom stereocenters. The molecule has 0 radical (unpaired) electrons. The minimum absolute atomic E-state index is 0.194. The van der Waals surface area contributed by atoms with Crippen LogP contribution in [0.1, 0.15) is 29.8 Å². The fraction of sp³-hybridized carbons (Fsp3) is 0.185. The van der Waals surface area contributed by atoms with E-state index in [4.69, 9.17) is 4.42 Å². The van der Waals surface area contributed by atoms with E-state index in [-0.39, 0.29) is 5.91 Å². The number of amides is 1. The van der Waals surface area contributed by atoms with E-state index in [1.165, 1.54) is 0 Å². The Morgan fingerprint density at radius 3 is 2.34 bits per heavy atom. The zero-order valence-electron chi connectivity index (χ0n) is 18.5. The highest BCUT2D eigenvalue weighted by atomic mass is 16.4. The van der Waals surface area contributed by atoms with Crippen molar-refractivity contribution in [2.24, 2.45) is 0 Å². The number of carbonyl (C=O) groups is 1. The number of para-hydroxylation sites is 1. The lowest BCUT2D eigenvalue weighted by molar-refractivity contribution is 0.102.